The first kappa shape index (κ1) is 9.13. The molecule has 0 radical (unpaired) electrons. The molecule has 70 valence electrons. The quantitative estimate of drug-likeness (QED) is 0.340. The average molecular weight is 177 g/mol. The van der Waals surface area contributed by atoms with Crippen LogP contribution >= 0.6 is 0 Å². The molecule has 1 saturated heterocycles. The van der Waals surface area contributed by atoms with Gasteiger partial charge in [0.2, 0.25) is 0 Å². The Morgan fingerprint density at radius 3 is 2.67 bits per heavy atom. The fraction of sp³-hybridized carbons (Fsp3) is 1.00. The van der Waals surface area contributed by atoms with Crippen molar-refractivity contribution in [2.45, 2.75) is 6.29 Å². The molecule has 3 N–H and O–H groups in total. The molecule has 1 aliphatic rings. The van der Waals surface area contributed by atoms with Crippen LogP contribution in [0.15, 0.2) is 0 Å². The summed E-state index contributed by atoms with van der Waals surface area (Å²) >= 11 is 0. The number of hydrogen-bond donors (Lipinski definition) is 3. The largest absolute Gasteiger partial charge is 0.300 e. The molecule has 12 heavy (non-hydrogen) atoms. The molecule has 1 aliphatic heterocycles. The Bertz CT molecular complexity index is 157. The Morgan fingerprint density at radius 1 is 1.67 bits per heavy atom. The van der Waals surface area contributed by atoms with E-state index in [0.717, 1.165) is 0 Å². The van der Waals surface area contributed by atoms with Gasteiger partial charge in [-0.2, -0.15) is 5.06 Å². The van der Waals surface area contributed by atoms with E-state index in [0.29, 0.717) is 13.3 Å². The van der Waals surface area contributed by atoms with E-state index in [9.17, 15) is 10.1 Å². The number of hydrogen-bond acceptors (Lipinski definition) is 6. The van der Waals surface area contributed by atoms with Crippen molar-refractivity contribution in [1.29, 1.82) is 0 Å². The van der Waals surface area contributed by atoms with Crippen LogP contribution in [0, 0.1) is 10.1 Å². The molecule has 0 saturated carbocycles. The zero-order chi connectivity index (χ0) is 8.97. The van der Waals surface area contributed by atoms with E-state index in [2.05, 4.69) is 10.6 Å². The Balaban J connectivity index is 2.21. The van der Waals surface area contributed by atoms with Gasteiger partial charge in [0.15, 0.2) is 11.3 Å². The van der Waals surface area contributed by atoms with Crippen LogP contribution in [-0.2, 0) is 4.84 Å². The highest BCUT2D eigenvalue weighted by Crippen LogP contribution is 1.89. The normalized spacial score (nSPS) is 20.8. The summed E-state index contributed by atoms with van der Waals surface area (Å²) in [7, 11) is 1.53. The smallest absolute Gasteiger partial charge is 0.192 e. The number of nitrogens with zero attached hydrogens (tertiary/aromatic N) is 2. The van der Waals surface area contributed by atoms with Crippen LogP contribution in [0.25, 0.3) is 0 Å². The summed E-state index contributed by atoms with van der Waals surface area (Å²) < 4.78 is 0. The van der Waals surface area contributed by atoms with Gasteiger partial charge >= 0.3 is 0 Å². The second-order valence-electron chi connectivity index (χ2n) is 2.21. The van der Waals surface area contributed by atoms with Gasteiger partial charge in [-0.25, -0.2) is 10.1 Å². The predicted octanol–water partition coefficient (Wildman–Crippen LogP) is -1.98. The molecule has 0 spiro atoms. The van der Waals surface area contributed by atoms with Gasteiger partial charge in [0.05, 0.1) is 20.4 Å². The zero-order valence-corrected chi connectivity index (χ0v) is 6.61. The summed E-state index contributed by atoms with van der Waals surface area (Å²) in [4.78, 5) is 14.8. The number of hydrazine groups is 1. The lowest BCUT2D eigenvalue weighted by Gasteiger charge is -2.30. The van der Waals surface area contributed by atoms with Crippen molar-refractivity contribution in [3.05, 3.63) is 10.1 Å². The Morgan fingerprint density at radius 2 is 2.25 bits per heavy atom. The highest BCUT2D eigenvalue weighted by molar-refractivity contribution is 4.60. The molecular weight excluding hydrogens is 166 g/mol. The third-order valence-electron chi connectivity index (χ3n) is 1.44. The molecular formula is C4H11N5O3. The highest BCUT2D eigenvalue weighted by Gasteiger charge is 2.19. The SMILES string of the molecule is CON1CNC(N[N+](=O)[O-])NC1. The van der Waals surface area contributed by atoms with Gasteiger partial charge < -0.3 is 0 Å². The second kappa shape index (κ2) is 4.16. The van der Waals surface area contributed by atoms with Crippen LogP contribution in [-0.4, -0.2) is 36.8 Å². The molecule has 0 amide bonds. The summed E-state index contributed by atoms with van der Waals surface area (Å²) in [6.07, 6.45) is -0.508. The van der Waals surface area contributed by atoms with Crippen molar-refractivity contribution >= 4 is 0 Å². The summed E-state index contributed by atoms with van der Waals surface area (Å²) in [5.74, 6) is 0. The standard InChI is InChI=1S/C4H11N5O3/c1-12-8-2-5-4(6-3-8)7-9(10)11/h4-7H,2-3H2,1H3. The lowest BCUT2D eigenvalue weighted by Crippen LogP contribution is -2.63. The molecule has 0 aliphatic carbocycles. The van der Waals surface area contributed by atoms with Crippen molar-refractivity contribution in [2.24, 2.45) is 0 Å². The van der Waals surface area contributed by atoms with Crippen LogP contribution in [0.1, 0.15) is 0 Å². The molecule has 1 rings (SSSR count). The van der Waals surface area contributed by atoms with Gasteiger partial charge in [0.1, 0.15) is 0 Å². The van der Waals surface area contributed by atoms with Gasteiger partial charge in [-0.3, -0.25) is 15.5 Å². The van der Waals surface area contributed by atoms with Gasteiger partial charge in [-0.15, -0.1) is 5.43 Å². The number of nitrogens with one attached hydrogen (secondary N) is 3. The summed E-state index contributed by atoms with van der Waals surface area (Å²) in [5, 5.41) is 16.5. The second-order valence-corrected chi connectivity index (χ2v) is 2.21. The molecule has 1 heterocycles. The third-order valence-corrected chi connectivity index (χ3v) is 1.44. The predicted molar refractivity (Wildman–Crippen MR) is 38.8 cm³/mol. The first-order chi connectivity index (χ1) is 5.72. The van der Waals surface area contributed by atoms with E-state index in [1.165, 1.54) is 7.11 Å². The lowest BCUT2D eigenvalue weighted by atomic mass is 10.7. The van der Waals surface area contributed by atoms with Gasteiger partial charge in [0, 0.05) is 0 Å². The molecule has 0 aromatic rings. The van der Waals surface area contributed by atoms with Crippen LogP contribution in [0.5, 0.6) is 0 Å². The maximum Gasteiger partial charge on any atom is 0.192 e. The van der Waals surface area contributed by atoms with Crippen LogP contribution in [0.3, 0.4) is 0 Å². The minimum Gasteiger partial charge on any atom is -0.300 e. The minimum absolute atomic E-state index is 0.439. The van der Waals surface area contributed by atoms with Crippen LogP contribution in [0.2, 0.25) is 0 Å². The molecule has 8 nitrogen and oxygen atoms in total. The Kier molecular flexibility index (Phi) is 3.17. The number of nitro groups is 1. The zero-order valence-electron chi connectivity index (χ0n) is 6.61. The molecule has 0 atom stereocenters. The topological polar surface area (TPSA) is 91.7 Å². The molecule has 0 unspecified atom stereocenters. The Hall–Kier alpha value is -0.960. The van der Waals surface area contributed by atoms with Crippen molar-refractivity contribution < 1.29 is 9.87 Å². The molecule has 1 fully saturated rings. The van der Waals surface area contributed by atoms with E-state index in [1.807, 2.05) is 5.43 Å². The monoisotopic (exact) mass is 177 g/mol. The van der Waals surface area contributed by atoms with Crippen LogP contribution in [0.4, 0.5) is 0 Å². The molecule has 0 aromatic carbocycles. The van der Waals surface area contributed by atoms with Crippen molar-refractivity contribution in [1.82, 2.24) is 21.1 Å². The van der Waals surface area contributed by atoms with Crippen molar-refractivity contribution in [3.63, 3.8) is 0 Å². The van der Waals surface area contributed by atoms with Gasteiger partial charge in [-0.05, 0) is 0 Å². The fourth-order valence-electron chi connectivity index (χ4n) is 0.840. The van der Waals surface area contributed by atoms with E-state index < -0.39 is 11.3 Å². The van der Waals surface area contributed by atoms with E-state index in [-0.39, 0.29) is 0 Å². The summed E-state index contributed by atoms with van der Waals surface area (Å²) in [6.45, 7) is 0.879. The van der Waals surface area contributed by atoms with Gasteiger partial charge in [0.25, 0.3) is 0 Å². The average Bonchev–Trinajstić information content (AvgIpc) is 2.05. The minimum atomic E-state index is -0.604. The van der Waals surface area contributed by atoms with Gasteiger partial charge in [-0.1, -0.05) is 0 Å². The molecule has 0 aromatic heterocycles. The van der Waals surface area contributed by atoms with Crippen molar-refractivity contribution in [2.75, 3.05) is 20.4 Å². The first-order valence-electron chi connectivity index (χ1n) is 3.39. The van der Waals surface area contributed by atoms with E-state index in [4.69, 9.17) is 4.84 Å². The molecule has 0 bridgehead atoms. The number of hydroxylamine groups is 2. The summed E-state index contributed by atoms with van der Waals surface area (Å²) in [6, 6.07) is 0. The fourth-order valence-corrected chi connectivity index (χ4v) is 0.840. The lowest BCUT2D eigenvalue weighted by molar-refractivity contribution is -0.554. The molecule has 8 heteroatoms. The van der Waals surface area contributed by atoms with E-state index >= 15 is 0 Å². The van der Waals surface area contributed by atoms with E-state index in [1.54, 1.807) is 5.06 Å². The first-order valence-corrected chi connectivity index (χ1v) is 3.39. The number of rotatable bonds is 3. The highest BCUT2D eigenvalue weighted by atomic mass is 16.7. The summed E-state index contributed by atoms with van der Waals surface area (Å²) in [5.41, 5.74) is 2.04. The maximum absolute atomic E-state index is 9.99. The maximum atomic E-state index is 9.99. The van der Waals surface area contributed by atoms with Crippen LogP contribution < -0.4 is 16.1 Å². The van der Waals surface area contributed by atoms with Crippen molar-refractivity contribution in [3.8, 4) is 0 Å². The Labute approximate surface area is 68.9 Å². The third kappa shape index (κ3) is 2.58.